The number of carbonyl (C=O) groups excluding carboxylic acids is 1. The van der Waals surface area contributed by atoms with Gasteiger partial charge in [0.15, 0.2) is 0 Å². The minimum atomic E-state index is -0.124. The van der Waals surface area contributed by atoms with E-state index in [0.717, 1.165) is 13.0 Å². The van der Waals surface area contributed by atoms with E-state index in [1.165, 1.54) is 6.08 Å². The highest BCUT2D eigenvalue weighted by Crippen LogP contribution is 2.02. The van der Waals surface area contributed by atoms with E-state index in [4.69, 9.17) is 11.6 Å². The van der Waals surface area contributed by atoms with Crippen LogP contribution in [0.15, 0.2) is 12.2 Å². The normalized spacial score (nSPS) is 12.4. The number of amides is 1. The SMILES string of the molecule is CCC#CCN(CC(C)C)C(=O)/C=C/C(C)Cl. The average Bonchev–Trinajstić information content (AvgIpc) is 2.24. The van der Waals surface area contributed by atoms with Crippen molar-refractivity contribution < 1.29 is 4.79 Å². The first-order chi connectivity index (χ1) is 7.97. The topological polar surface area (TPSA) is 20.3 Å². The van der Waals surface area contributed by atoms with E-state index >= 15 is 0 Å². The van der Waals surface area contributed by atoms with E-state index in [0.29, 0.717) is 12.5 Å². The highest BCUT2D eigenvalue weighted by Gasteiger charge is 2.10. The first-order valence-corrected chi connectivity index (χ1v) is 6.47. The summed E-state index contributed by atoms with van der Waals surface area (Å²) in [5.41, 5.74) is 0. The lowest BCUT2D eigenvalue weighted by atomic mass is 10.2. The van der Waals surface area contributed by atoms with Crippen molar-refractivity contribution in [2.45, 2.75) is 39.5 Å². The van der Waals surface area contributed by atoms with Gasteiger partial charge < -0.3 is 4.90 Å². The molecule has 0 aromatic rings. The van der Waals surface area contributed by atoms with E-state index in [9.17, 15) is 4.79 Å². The molecule has 0 saturated heterocycles. The number of halogens is 1. The van der Waals surface area contributed by atoms with Gasteiger partial charge in [0.05, 0.1) is 6.54 Å². The molecule has 0 bridgehead atoms. The van der Waals surface area contributed by atoms with Crippen molar-refractivity contribution in [3.05, 3.63) is 12.2 Å². The Kier molecular flexibility index (Phi) is 8.62. The van der Waals surface area contributed by atoms with Crippen LogP contribution in [0.3, 0.4) is 0 Å². The summed E-state index contributed by atoms with van der Waals surface area (Å²) in [6.07, 6.45) is 4.05. The number of allylic oxidation sites excluding steroid dienone is 1. The number of carbonyl (C=O) groups is 1. The van der Waals surface area contributed by atoms with Crippen LogP contribution in [0, 0.1) is 17.8 Å². The summed E-state index contributed by atoms with van der Waals surface area (Å²) in [7, 11) is 0. The van der Waals surface area contributed by atoms with Crippen LogP contribution in [0.25, 0.3) is 0 Å². The Labute approximate surface area is 110 Å². The van der Waals surface area contributed by atoms with Crippen LogP contribution in [0.5, 0.6) is 0 Å². The van der Waals surface area contributed by atoms with E-state index in [1.807, 2.05) is 13.8 Å². The summed E-state index contributed by atoms with van der Waals surface area (Å²) in [4.78, 5) is 13.6. The number of hydrogen-bond acceptors (Lipinski definition) is 1. The molecule has 1 amide bonds. The zero-order valence-electron chi connectivity index (χ0n) is 11.2. The van der Waals surface area contributed by atoms with Crippen LogP contribution in [-0.2, 0) is 4.79 Å². The lowest BCUT2D eigenvalue weighted by molar-refractivity contribution is -0.125. The first kappa shape index (κ1) is 16.1. The number of hydrogen-bond donors (Lipinski definition) is 0. The number of alkyl halides is 1. The van der Waals surface area contributed by atoms with Gasteiger partial charge in [-0.3, -0.25) is 4.79 Å². The van der Waals surface area contributed by atoms with Gasteiger partial charge in [-0.25, -0.2) is 0 Å². The number of nitrogens with zero attached hydrogens (tertiary/aromatic N) is 1. The quantitative estimate of drug-likeness (QED) is 0.420. The van der Waals surface area contributed by atoms with Gasteiger partial charge in [-0.15, -0.1) is 17.5 Å². The first-order valence-electron chi connectivity index (χ1n) is 6.04. The molecule has 17 heavy (non-hydrogen) atoms. The maximum atomic E-state index is 11.9. The van der Waals surface area contributed by atoms with Crippen molar-refractivity contribution in [2.24, 2.45) is 5.92 Å². The fraction of sp³-hybridized carbons (Fsp3) is 0.643. The smallest absolute Gasteiger partial charge is 0.247 e. The summed E-state index contributed by atoms with van der Waals surface area (Å²) >= 11 is 5.77. The third-order valence-electron chi connectivity index (χ3n) is 1.97. The highest BCUT2D eigenvalue weighted by atomic mass is 35.5. The summed E-state index contributed by atoms with van der Waals surface area (Å²) in [5, 5.41) is -0.124. The Morgan fingerprint density at radius 2 is 2.00 bits per heavy atom. The van der Waals surface area contributed by atoms with Crippen molar-refractivity contribution in [3.8, 4) is 11.8 Å². The van der Waals surface area contributed by atoms with Crippen LogP contribution in [0.1, 0.15) is 34.1 Å². The third-order valence-corrected chi connectivity index (χ3v) is 2.12. The zero-order valence-corrected chi connectivity index (χ0v) is 11.9. The van der Waals surface area contributed by atoms with Crippen LogP contribution in [0.4, 0.5) is 0 Å². The molecule has 0 saturated carbocycles. The van der Waals surface area contributed by atoms with Crippen LogP contribution >= 0.6 is 11.6 Å². The molecule has 2 nitrogen and oxygen atoms in total. The molecule has 1 unspecified atom stereocenters. The van der Waals surface area contributed by atoms with Crippen molar-refractivity contribution in [2.75, 3.05) is 13.1 Å². The van der Waals surface area contributed by atoms with Gasteiger partial charge in [0, 0.05) is 24.4 Å². The van der Waals surface area contributed by atoms with Gasteiger partial charge in [0.2, 0.25) is 5.91 Å². The molecule has 3 heteroatoms. The third kappa shape index (κ3) is 8.83. The predicted octanol–water partition coefficient (Wildman–Crippen LogP) is 3.07. The largest absolute Gasteiger partial charge is 0.328 e. The van der Waals surface area contributed by atoms with Gasteiger partial charge in [-0.05, 0) is 12.8 Å². The lowest BCUT2D eigenvalue weighted by Gasteiger charge is -2.20. The van der Waals surface area contributed by atoms with Gasteiger partial charge in [0.1, 0.15) is 0 Å². The standard InChI is InChI=1S/C14H22ClNO/c1-5-6-7-10-16(11-12(2)3)14(17)9-8-13(4)15/h8-9,12-13H,5,10-11H2,1-4H3/b9-8+. The molecular weight excluding hydrogens is 234 g/mol. The monoisotopic (exact) mass is 255 g/mol. The van der Waals surface area contributed by atoms with Gasteiger partial charge in [0.25, 0.3) is 0 Å². The molecule has 0 rings (SSSR count). The van der Waals surface area contributed by atoms with Crippen LogP contribution < -0.4 is 0 Å². The molecular formula is C14H22ClNO. The minimum absolute atomic E-state index is 0.0170. The van der Waals surface area contributed by atoms with Gasteiger partial charge in [-0.2, -0.15) is 0 Å². The molecule has 0 spiro atoms. The molecule has 0 aliphatic carbocycles. The van der Waals surface area contributed by atoms with Crippen molar-refractivity contribution in [3.63, 3.8) is 0 Å². The highest BCUT2D eigenvalue weighted by molar-refractivity contribution is 6.21. The second-order valence-corrected chi connectivity index (χ2v) is 5.04. The molecule has 0 aromatic carbocycles. The van der Waals surface area contributed by atoms with E-state index in [2.05, 4.69) is 25.7 Å². The molecule has 0 radical (unpaired) electrons. The average molecular weight is 256 g/mol. The zero-order chi connectivity index (χ0) is 13.3. The molecule has 1 atom stereocenters. The molecule has 0 aliphatic rings. The van der Waals surface area contributed by atoms with E-state index < -0.39 is 0 Å². The second-order valence-electron chi connectivity index (χ2n) is 4.36. The predicted molar refractivity (Wildman–Crippen MR) is 73.9 cm³/mol. The molecule has 0 heterocycles. The molecule has 96 valence electrons. The van der Waals surface area contributed by atoms with Crippen LogP contribution in [-0.4, -0.2) is 29.3 Å². The maximum Gasteiger partial charge on any atom is 0.247 e. The molecule has 0 aromatic heterocycles. The van der Waals surface area contributed by atoms with Crippen LogP contribution in [0.2, 0.25) is 0 Å². The summed E-state index contributed by atoms with van der Waals surface area (Å²) in [5.74, 6) is 6.39. The Hall–Kier alpha value is -0.940. The molecule has 0 aliphatic heterocycles. The minimum Gasteiger partial charge on any atom is -0.328 e. The fourth-order valence-electron chi connectivity index (χ4n) is 1.27. The Morgan fingerprint density at radius 3 is 2.47 bits per heavy atom. The Balaban J connectivity index is 4.50. The molecule has 0 fully saturated rings. The van der Waals surface area contributed by atoms with Gasteiger partial charge in [-0.1, -0.05) is 32.8 Å². The van der Waals surface area contributed by atoms with E-state index in [1.54, 1.807) is 11.0 Å². The Bertz CT molecular complexity index is 310. The van der Waals surface area contributed by atoms with Crippen molar-refractivity contribution in [1.82, 2.24) is 4.90 Å². The van der Waals surface area contributed by atoms with Crippen molar-refractivity contribution in [1.29, 1.82) is 0 Å². The maximum absolute atomic E-state index is 11.9. The molecule has 0 N–H and O–H groups in total. The lowest BCUT2D eigenvalue weighted by Crippen LogP contribution is -2.33. The second kappa shape index (κ2) is 9.13. The number of rotatable bonds is 5. The van der Waals surface area contributed by atoms with E-state index in [-0.39, 0.29) is 11.3 Å². The summed E-state index contributed by atoms with van der Waals surface area (Å²) in [6.45, 7) is 9.21. The summed E-state index contributed by atoms with van der Waals surface area (Å²) in [6, 6.07) is 0. The summed E-state index contributed by atoms with van der Waals surface area (Å²) < 4.78 is 0. The Morgan fingerprint density at radius 1 is 1.35 bits per heavy atom. The van der Waals surface area contributed by atoms with Gasteiger partial charge >= 0.3 is 0 Å². The fourth-order valence-corrected chi connectivity index (χ4v) is 1.34. The van der Waals surface area contributed by atoms with Crippen molar-refractivity contribution >= 4 is 17.5 Å².